The highest BCUT2D eigenvalue weighted by molar-refractivity contribution is 6.09. The summed E-state index contributed by atoms with van der Waals surface area (Å²) in [6.45, 7) is 0. The number of hydrogen-bond acceptors (Lipinski definition) is 5. The largest absolute Gasteiger partial charge is 0.508 e. The normalized spacial score (nSPS) is 9.60. The molecule has 6 nitrogen and oxygen atoms in total. The van der Waals surface area contributed by atoms with Crippen LogP contribution in [0.3, 0.4) is 0 Å². The van der Waals surface area contributed by atoms with Crippen molar-refractivity contribution in [2.24, 2.45) is 0 Å². The number of nitro groups is 1. The Balaban J connectivity index is 0.000000236. The summed E-state index contributed by atoms with van der Waals surface area (Å²) >= 11 is 0. The summed E-state index contributed by atoms with van der Waals surface area (Å²) in [7, 11) is 0. The molecule has 0 aliphatic heterocycles. The second kappa shape index (κ2) is 8.26. The van der Waals surface area contributed by atoms with Crippen LogP contribution >= 0.6 is 0 Å². The van der Waals surface area contributed by atoms with Crippen molar-refractivity contribution in [3.63, 3.8) is 0 Å². The monoisotopic (exact) mass is 337 g/mol. The second-order valence-electron chi connectivity index (χ2n) is 5.02. The van der Waals surface area contributed by atoms with Crippen molar-refractivity contribution in [2.45, 2.75) is 0 Å². The molecule has 6 heteroatoms. The third-order valence-electron chi connectivity index (χ3n) is 3.21. The molecule has 0 fully saturated rings. The maximum absolute atomic E-state index is 12.0. The van der Waals surface area contributed by atoms with Crippen LogP contribution in [-0.4, -0.2) is 20.9 Å². The predicted octanol–water partition coefficient (Wildman–Crippen LogP) is 3.92. The molecule has 3 aromatic rings. The smallest absolute Gasteiger partial charge is 0.269 e. The Hall–Kier alpha value is -3.67. The Kier molecular flexibility index (Phi) is 5.84. The molecule has 0 atom stereocenters. The summed E-state index contributed by atoms with van der Waals surface area (Å²) in [5.41, 5.74) is 0.998. The van der Waals surface area contributed by atoms with Crippen molar-refractivity contribution in [1.29, 1.82) is 0 Å². The quantitative estimate of drug-likeness (QED) is 0.428. The second-order valence-corrected chi connectivity index (χ2v) is 5.02. The van der Waals surface area contributed by atoms with Crippen molar-refractivity contribution in [3.05, 3.63) is 100 Å². The van der Waals surface area contributed by atoms with E-state index in [1.54, 1.807) is 30.3 Å². The van der Waals surface area contributed by atoms with Gasteiger partial charge in [-0.25, -0.2) is 0 Å². The Bertz CT molecular complexity index is 843. The standard InChI is InChI=1S/C13H9NO3.C6H6O2/c15-13(10-4-2-1-3-5-10)11-6-8-12(9-7-11)14(16)17;7-5-2-1-3-6(8)4-5/h1-9H;1-4,7-8H. The van der Waals surface area contributed by atoms with Crippen molar-refractivity contribution >= 4 is 11.5 Å². The van der Waals surface area contributed by atoms with Crippen LogP contribution in [-0.2, 0) is 0 Å². The number of carbonyl (C=O) groups is 1. The molecule has 25 heavy (non-hydrogen) atoms. The lowest BCUT2D eigenvalue weighted by Gasteiger charge is -2.00. The molecule has 0 aromatic heterocycles. The van der Waals surface area contributed by atoms with E-state index in [-0.39, 0.29) is 23.0 Å². The summed E-state index contributed by atoms with van der Waals surface area (Å²) in [5, 5.41) is 27.8. The summed E-state index contributed by atoms with van der Waals surface area (Å²) in [6.07, 6.45) is 0. The summed E-state index contributed by atoms with van der Waals surface area (Å²) in [4.78, 5) is 21.9. The number of phenols is 2. The molecule has 0 aliphatic carbocycles. The van der Waals surface area contributed by atoms with Gasteiger partial charge in [-0.1, -0.05) is 36.4 Å². The molecular weight excluding hydrogens is 322 g/mol. The Morgan fingerprint density at radius 1 is 0.760 bits per heavy atom. The van der Waals surface area contributed by atoms with E-state index in [4.69, 9.17) is 10.2 Å². The highest BCUT2D eigenvalue weighted by Gasteiger charge is 2.10. The van der Waals surface area contributed by atoms with Crippen molar-refractivity contribution in [3.8, 4) is 11.5 Å². The molecule has 2 N–H and O–H groups in total. The molecule has 0 aliphatic rings. The molecule has 0 bridgehead atoms. The van der Waals surface area contributed by atoms with E-state index in [0.717, 1.165) is 0 Å². The van der Waals surface area contributed by atoms with Gasteiger partial charge in [0.2, 0.25) is 0 Å². The van der Waals surface area contributed by atoms with E-state index >= 15 is 0 Å². The molecule has 0 unspecified atom stereocenters. The predicted molar refractivity (Wildman–Crippen MR) is 92.7 cm³/mol. The van der Waals surface area contributed by atoms with Crippen LogP contribution in [0.2, 0.25) is 0 Å². The fourth-order valence-corrected chi connectivity index (χ4v) is 1.98. The van der Waals surface area contributed by atoms with E-state index in [1.807, 2.05) is 6.07 Å². The van der Waals surface area contributed by atoms with Gasteiger partial charge in [0.25, 0.3) is 5.69 Å². The molecule has 126 valence electrons. The zero-order valence-corrected chi connectivity index (χ0v) is 13.1. The lowest BCUT2D eigenvalue weighted by atomic mass is 10.0. The van der Waals surface area contributed by atoms with Crippen LogP contribution < -0.4 is 0 Å². The van der Waals surface area contributed by atoms with Crippen molar-refractivity contribution in [2.75, 3.05) is 0 Å². The Labute approximate surface area is 143 Å². The van der Waals surface area contributed by atoms with Crippen LogP contribution in [0.4, 0.5) is 5.69 Å². The fraction of sp³-hybridized carbons (Fsp3) is 0. The number of aromatic hydroxyl groups is 2. The van der Waals surface area contributed by atoms with Crippen molar-refractivity contribution < 1.29 is 19.9 Å². The minimum absolute atomic E-state index is 0.0189. The number of nitrogens with zero attached hydrogens (tertiary/aromatic N) is 1. The third kappa shape index (κ3) is 5.18. The number of carbonyl (C=O) groups excluding carboxylic acids is 1. The summed E-state index contributed by atoms with van der Waals surface area (Å²) in [6, 6.07) is 20.2. The van der Waals surface area contributed by atoms with Gasteiger partial charge in [0, 0.05) is 29.3 Å². The summed E-state index contributed by atoms with van der Waals surface area (Å²) < 4.78 is 0. The minimum atomic E-state index is -0.489. The first-order chi connectivity index (χ1) is 12.0. The topological polar surface area (TPSA) is 101 Å². The van der Waals surface area contributed by atoms with Gasteiger partial charge < -0.3 is 10.2 Å². The van der Waals surface area contributed by atoms with Gasteiger partial charge in [-0.05, 0) is 24.3 Å². The fourth-order valence-electron chi connectivity index (χ4n) is 1.98. The van der Waals surface area contributed by atoms with Crippen LogP contribution in [0.1, 0.15) is 15.9 Å². The molecule has 3 rings (SSSR count). The van der Waals surface area contributed by atoms with Gasteiger partial charge in [0.1, 0.15) is 11.5 Å². The molecule has 0 amide bonds. The van der Waals surface area contributed by atoms with Crippen LogP contribution in [0, 0.1) is 10.1 Å². The average molecular weight is 337 g/mol. The van der Waals surface area contributed by atoms with Crippen molar-refractivity contribution in [1.82, 2.24) is 0 Å². The first kappa shape index (κ1) is 17.7. The molecule has 0 radical (unpaired) electrons. The highest BCUT2D eigenvalue weighted by atomic mass is 16.6. The maximum Gasteiger partial charge on any atom is 0.269 e. The Morgan fingerprint density at radius 3 is 1.72 bits per heavy atom. The first-order valence-electron chi connectivity index (χ1n) is 7.29. The van der Waals surface area contributed by atoms with E-state index in [0.29, 0.717) is 11.1 Å². The lowest BCUT2D eigenvalue weighted by Crippen LogP contribution is -2.00. The van der Waals surface area contributed by atoms with Crippen LogP contribution in [0.5, 0.6) is 11.5 Å². The summed E-state index contributed by atoms with van der Waals surface area (Å²) in [5.74, 6) is 0.0375. The number of hydrogen-bond donors (Lipinski definition) is 2. The molecular formula is C19H15NO5. The number of benzene rings is 3. The number of rotatable bonds is 3. The van der Waals surface area contributed by atoms with Gasteiger partial charge in [0.15, 0.2) is 5.78 Å². The number of non-ortho nitro benzene ring substituents is 1. The maximum atomic E-state index is 12.0. The zero-order valence-electron chi connectivity index (χ0n) is 13.1. The first-order valence-corrected chi connectivity index (χ1v) is 7.29. The molecule has 0 saturated carbocycles. The van der Waals surface area contributed by atoms with E-state index in [1.165, 1.54) is 42.5 Å². The third-order valence-corrected chi connectivity index (χ3v) is 3.21. The van der Waals surface area contributed by atoms with Gasteiger partial charge in [0.05, 0.1) is 4.92 Å². The van der Waals surface area contributed by atoms with E-state index in [9.17, 15) is 14.9 Å². The lowest BCUT2D eigenvalue weighted by molar-refractivity contribution is -0.384. The van der Waals surface area contributed by atoms with E-state index < -0.39 is 4.92 Å². The van der Waals surface area contributed by atoms with E-state index in [2.05, 4.69) is 0 Å². The van der Waals surface area contributed by atoms with Crippen LogP contribution in [0.25, 0.3) is 0 Å². The highest BCUT2D eigenvalue weighted by Crippen LogP contribution is 2.15. The molecule has 0 saturated heterocycles. The zero-order chi connectivity index (χ0) is 18.2. The molecule has 0 heterocycles. The number of ketones is 1. The molecule has 3 aromatic carbocycles. The van der Waals surface area contributed by atoms with Crippen LogP contribution in [0.15, 0.2) is 78.9 Å². The molecule has 0 spiro atoms. The average Bonchev–Trinajstić information content (AvgIpc) is 2.62. The number of nitro benzene ring substituents is 1. The minimum Gasteiger partial charge on any atom is -0.508 e. The van der Waals surface area contributed by atoms with Gasteiger partial charge >= 0.3 is 0 Å². The number of phenolic OH excluding ortho intramolecular Hbond substituents is 2. The van der Waals surface area contributed by atoms with Gasteiger partial charge in [-0.2, -0.15) is 0 Å². The van der Waals surface area contributed by atoms with Gasteiger partial charge in [-0.3, -0.25) is 14.9 Å². The van der Waals surface area contributed by atoms with Gasteiger partial charge in [-0.15, -0.1) is 0 Å². The Morgan fingerprint density at radius 2 is 1.28 bits per heavy atom. The SMILES string of the molecule is O=C(c1ccccc1)c1ccc([N+](=O)[O-])cc1.Oc1cccc(O)c1.